The van der Waals surface area contributed by atoms with Gasteiger partial charge >= 0.3 is 0 Å². The number of hydrogen-bond donors (Lipinski definition) is 1. The summed E-state index contributed by atoms with van der Waals surface area (Å²) >= 11 is 0. The zero-order valence-electron chi connectivity index (χ0n) is 18.9. The fraction of sp³-hybridized carbons (Fsp3) is 0.296. The van der Waals surface area contributed by atoms with Crippen LogP contribution in [0.15, 0.2) is 73.1 Å². The van der Waals surface area contributed by atoms with E-state index in [9.17, 15) is 14.0 Å². The van der Waals surface area contributed by atoms with Crippen LogP contribution in [0.2, 0.25) is 0 Å². The normalized spacial score (nSPS) is 17.9. The molecular weight excluding hydrogens is 417 g/mol. The molecule has 170 valence electrons. The summed E-state index contributed by atoms with van der Waals surface area (Å²) in [6, 6.07) is 17.7. The number of amides is 2. The minimum atomic E-state index is -0.733. The summed E-state index contributed by atoms with van der Waals surface area (Å²) in [4.78, 5) is 32.2. The number of carbonyl (C=O) groups is 2. The van der Waals surface area contributed by atoms with Crippen molar-refractivity contribution in [2.75, 3.05) is 13.1 Å². The van der Waals surface area contributed by atoms with Gasteiger partial charge in [-0.3, -0.25) is 14.6 Å². The number of likely N-dealkylation sites (tertiary alicyclic amines) is 1. The molecular formula is C27H28FN3O2. The Hall–Kier alpha value is -3.54. The van der Waals surface area contributed by atoms with Crippen LogP contribution in [-0.2, 0) is 11.2 Å². The molecule has 1 N–H and O–H groups in total. The number of halogens is 1. The molecule has 3 aromatic rings. The zero-order valence-corrected chi connectivity index (χ0v) is 18.9. The van der Waals surface area contributed by atoms with Crippen LogP contribution in [0.3, 0.4) is 0 Å². The maximum absolute atomic E-state index is 13.6. The van der Waals surface area contributed by atoms with E-state index in [1.54, 1.807) is 17.2 Å². The SMILES string of the molecule is CC(C)NC(=O)[C@]1(Cc2ccc(-c3cccnc3)cc2)CCN(C(=O)c2cccc(F)c2)C1. The third-order valence-electron chi connectivity index (χ3n) is 6.11. The van der Waals surface area contributed by atoms with Gasteiger partial charge in [0.15, 0.2) is 0 Å². The molecule has 4 rings (SSSR count). The van der Waals surface area contributed by atoms with Gasteiger partial charge in [-0.2, -0.15) is 0 Å². The minimum absolute atomic E-state index is 0.00435. The molecule has 6 heteroatoms. The van der Waals surface area contributed by atoms with Crippen molar-refractivity contribution >= 4 is 11.8 Å². The Labute approximate surface area is 193 Å². The average Bonchev–Trinajstić information content (AvgIpc) is 3.24. The number of rotatable bonds is 6. The third kappa shape index (κ3) is 5.11. The van der Waals surface area contributed by atoms with Crippen LogP contribution in [0, 0.1) is 11.2 Å². The molecule has 1 atom stereocenters. The first-order valence-corrected chi connectivity index (χ1v) is 11.2. The number of nitrogens with zero attached hydrogens (tertiary/aromatic N) is 2. The lowest BCUT2D eigenvalue weighted by Crippen LogP contribution is -2.47. The largest absolute Gasteiger partial charge is 0.353 e. The maximum Gasteiger partial charge on any atom is 0.253 e. The average molecular weight is 446 g/mol. The van der Waals surface area contributed by atoms with E-state index >= 15 is 0 Å². The van der Waals surface area contributed by atoms with Gasteiger partial charge in [-0.25, -0.2) is 4.39 Å². The molecule has 1 fully saturated rings. The van der Waals surface area contributed by atoms with Gasteiger partial charge in [0.1, 0.15) is 5.82 Å². The first kappa shape index (κ1) is 22.6. The molecule has 0 aliphatic carbocycles. The third-order valence-corrected chi connectivity index (χ3v) is 6.11. The Kier molecular flexibility index (Phi) is 6.54. The van der Waals surface area contributed by atoms with Gasteiger partial charge in [-0.15, -0.1) is 0 Å². The second-order valence-electron chi connectivity index (χ2n) is 9.01. The molecule has 1 aromatic heterocycles. The topological polar surface area (TPSA) is 62.3 Å². The molecule has 0 saturated carbocycles. The lowest BCUT2D eigenvalue weighted by Gasteiger charge is -2.29. The lowest BCUT2D eigenvalue weighted by molar-refractivity contribution is -0.130. The molecule has 1 saturated heterocycles. The molecule has 2 amide bonds. The van der Waals surface area contributed by atoms with Crippen molar-refractivity contribution in [1.29, 1.82) is 0 Å². The zero-order chi connectivity index (χ0) is 23.4. The summed E-state index contributed by atoms with van der Waals surface area (Å²) in [5, 5.41) is 3.05. The molecule has 2 aromatic carbocycles. The van der Waals surface area contributed by atoms with Gasteiger partial charge in [0.2, 0.25) is 5.91 Å². The van der Waals surface area contributed by atoms with Gasteiger partial charge in [0.05, 0.1) is 5.41 Å². The summed E-state index contributed by atoms with van der Waals surface area (Å²) < 4.78 is 13.6. The fourth-order valence-corrected chi connectivity index (χ4v) is 4.41. The Morgan fingerprint density at radius 1 is 1.09 bits per heavy atom. The standard InChI is InChI=1S/C27H28FN3O2/c1-19(2)30-26(33)27(12-14-31(18-27)25(32)22-5-3-7-24(28)15-22)16-20-8-10-21(11-9-20)23-6-4-13-29-17-23/h3-11,13,15,17,19H,12,14,16,18H2,1-2H3,(H,30,33)/t27-/m0/s1. The van der Waals surface area contributed by atoms with Crippen molar-refractivity contribution < 1.29 is 14.0 Å². The Morgan fingerprint density at radius 2 is 1.88 bits per heavy atom. The minimum Gasteiger partial charge on any atom is -0.353 e. The first-order chi connectivity index (χ1) is 15.9. The highest BCUT2D eigenvalue weighted by molar-refractivity contribution is 5.95. The quantitative estimate of drug-likeness (QED) is 0.608. The molecule has 0 radical (unpaired) electrons. The van der Waals surface area contributed by atoms with Gasteiger partial charge in [-0.1, -0.05) is 36.4 Å². The number of benzene rings is 2. The van der Waals surface area contributed by atoms with E-state index in [4.69, 9.17) is 0 Å². The van der Waals surface area contributed by atoms with E-state index in [1.165, 1.54) is 18.2 Å². The maximum atomic E-state index is 13.6. The summed E-state index contributed by atoms with van der Waals surface area (Å²) in [6.07, 6.45) is 4.63. The first-order valence-electron chi connectivity index (χ1n) is 11.2. The molecule has 0 unspecified atom stereocenters. The van der Waals surface area contributed by atoms with E-state index in [2.05, 4.69) is 10.3 Å². The molecule has 5 nitrogen and oxygen atoms in total. The highest BCUT2D eigenvalue weighted by atomic mass is 19.1. The Bertz CT molecular complexity index is 1130. The van der Waals surface area contributed by atoms with Gasteiger partial charge < -0.3 is 10.2 Å². The van der Waals surface area contributed by atoms with E-state index in [0.29, 0.717) is 31.5 Å². The molecule has 1 aliphatic rings. The van der Waals surface area contributed by atoms with Crippen molar-refractivity contribution in [2.24, 2.45) is 5.41 Å². The number of pyridine rings is 1. The smallest absolute Gasteiger partial charge is 0.253 e. The number of carbonyl (C=O) groups excluding carboxylic acids is 2. The molecule has 1 aliphatic heterocycles. The molecule has 2 heterocycles. The number of hydrogen-bond acceptors (Lipinski definition) is 3. The van der Waals surface area contributed by atoms with Crippen LogP contribution >= 0.6 is 0 Å². The Morgan fingerprint density at radius 3 is 2.55 bits per heavy atom. The summed E-state index contributed by atoms with van der Waals surface area (Å²) in [5.41, 5.74) is 2.69. The highest BCUT2D eigenvalue weighted by Crippen LogP contribution is 2.36. The lowest BCUT2D eigenvalue weighted by atomic mass is 9.79. The highest BCUT2D eigenvalue weighted by Gasteiger charge is 2.46. The monoisotopic (exact) mass is 445 g/mol. The van der Waals surface area contributed by atoms with E-state index < -0.39 is 11.2 Å². The van der Waals surface area contributed by atoms with Crippen LogP contribution in [0.1, 0.15) is 36.2 Å². The predicted molar refractivity (Wildman–Crippen MR) is 126 cm³/mol. The number of aromatic nitrogens is 1. The van der Waals surface area contributed by atoms with Crippen LogP contribution in [0.25, 0.3) is 11.1 Å². The summed E-state index contributed by atoms with van der Waals surface area (Å²) in [6.45, 7) is 4.61. The summed E-state index contributed by atoms with van der Waals surface area (Å²) in [7, 11) is 0. The van der Waals surface area contributed by atoms with E-state index in [0.717, 1.165) is 16.7 Å². The van der Waals surface area contributed by atoms with Crippen LogP contribution in [0.4, 0.5) is 4.39 Å². The van der Waals surface area contributed by atoms with E-state index in [-0.39, 0.29) is 17.9 Å². The predicted octanol–water partition coefficient (Wildman–Crippen LogP) is 4.49. The van der Waals surface area contributed by atoms with Crippen LogP contribution < -0.4 is 5.32 Å². The molecule has 0 spiro atoms. The summed E-state index contributed by atoms with van der Waals surface area (Å²) in [5.74, 6) is -0.749. The number of nitrogens with one attached hydrogen (secondary N) is 1. The second-order valence-corrected chi connectivity index (χ2v) is 9.01. The molecule has 33 heavy (non-hydrogen) atoms. The van der Waals surface area contributed by atoms with Gasteiger partial charge in [0, 0.05) is 37.1 Å². The van der Waals surface area contributed by atoms with Crippen molar-refractivity contribution in [3.8, 4) is 11.1 Å². The van der Waals surface area contributed by atoms with Gasteiger partial charge in [-0.05, 0) is 67.6 Å². The van der Waals surface area contributed by atoms with Crippen molar-refractivity contribution in [2.45, 2.75) is 32.7 Å². The van der Waals surface area contributed by atoms with Crippen molar-refractivity contribution in [3.05, 3.63) is 90.0 Å². The Balaban J connectivity index is 1.56. The molecule has 0 bridgehead atoms. The fourth-order valence-electron chi connectivity index (χ4n) is 4.41. The van der Waals surface area contributed by atoms with Crippen molar-refractivity contribution in [3.63, 3.8) is 0 Å². The van der Waals surface area contributed by atoms with Crippen molar-refractivity contribution in [1.82, 2.24) is 15.2 Å². The van der Waals surface area contributed by atoms with E-state index in [1.807, 2.05) is 56.4 Å². The van der Waals surface area contributed by atoms with Crippen LogP contribution in [0.5, 0.6) is 0 Å². The second kappa shape index (κ2) is 9.53. The van der Waals surface area contributed by atoms with Gasteiger partial charge in [0.25, 0.3) is 5.91 Å². The van der Waals surface area contributed by atoms with Crippen LogP contribution in [-0.4, -0.2) is 40.8 Å².